The zero-order valence-electron chi connectivity index (χ0n) is 12.2. The van der Waals surface area contributed by atoms with Gasteiger partial charge in [0, 0.05) is 18.9 Å². The molecule has 2 aromatic rings. The summed E-state index contributed by atoms with van der Waals surface area (Å²) in [5.74, 6) is -0.0927. The van der Waals surface area contributed by atoms with Crippen molar-refractivity contribution in [2.75, 3.05) is 0 Å². The van der Waals surface area contributed by atoms with Crippen molar-refractivity contribution >= 4 is 34.6 Å². The smallest absolute Gasteiger partial charge is 0.264 e. The molecule has 5 nitrogen and oxygen atoms in total. The summed E-state index contributed by atoms with van der Waals surface area (Å²) in [6.07, 6.45) is 3.74. The molecule has 2 N–H and O–H groups in total. The van der Waals surface area contributed by atoms with Crippen LogP contribution in [0.4, 0.5) is 5.69 Å². The molecule has 22 heavy (non-hydrogen) atoms. The van der Waals surface area contributed by atoms with Gasteiger partial charge in [0.2, 0.25) is 0 Å². The van der Waals surface area contributed by atoms with E-state index in [2.05, 4.69) is 10.3 Å². The lowest BCUT2D eigenvalue weighted by molar-refractivity contribution is -0.115. The van der Waals surface area contributed by atoms with Crippen LogP contribution in [0, 0.1) is 6.92 Å². The molecular formula is C16H15N3O2S. The third-order valence-corrected chi connectivity index (χ3v) is 4.18. The van der Waals surface area contributed by atoms with Crippen LogP contribution in [0.5, 0.6) is 5.75 Å². The Labute approximate surface area is 132 Å². The molecule has 1 aliphatic rings. The fourth-order valence-corrected chi connectivity index (χ4v) is 2.89. The van der Waals surface area contributed by atoms with Gasteiger partial charge in [-0.25, -0.2) is 4.99 Å². The van der Waals surface area contributed by atoms with Crippen LogP contribution in [-0.2, 0) is 11.8 Å². The molecule has 0 atom stereocenters. The first kappa shape index (κ1) is 14.5. The normalized spacial score (nSPS) is 18.2. The van der Waals surface area contributed by atoms with Gasteiger partial charge < -0.3 is 15.0 Å². The van der Waals surface area contributed by atoms with E-state index in [1.54, 1.807) is 18.2 Å². The number of rotatable bonds is 2. The van der Waals surface area contributed by atoms with Gasteiger partial charge in [0.1, 0.15) is 11.4 Å². The van der Waals surface area contributed by atoms with E-state index >= 15 is 0 Å². The summed E-state index contributed by atoms with van der Waals surface area (Å²) in [6.45, 7) is 1.92. The number of aromatic nitrogens is 1. The number of phenols is 1. The molecule has 0 radical (unpaired) electrons. The second-order valence-electron chi connectivity index (χ2n) is 5.02. The van der Waals surface area contributed by atoms with Crippen molar-refractivity contribution in [2.24, 2.45) is 12.0 Å². The van der Waals surface area contributed by atoms with Crippen molar-refractivity contribution in [3.63, 3.8) is 0 Å². The van der Waals surface area contributed by atoms with Crippen LogP contribution in [0.2, 0.25) is 0 Å². The second-order valence-corrected chi connectivity index (χ2v) is 6.05. The zero-order chi connectivity index (χ0) is 15.7. The number of hydrogen-bond acceptors (Lipinski definition) is 4. The molecule has 1 aromatic heterocycles. The Balaban J connectivity index is 1.88. The summed E-state index contributed by atoms with van der Waals surface area (Å²) in [6, 6.07) is 9.02. The number of nitrogens with zero attached hydrogens (tertiary/aromatic N) is 2. The minimum Gasteiger partial charge on any atom is -0.506 e. The maximum Gasteiger partial charge on any atom is 0.264 e. The van der Waals surface area contributed by atoms with Gasteiger partial charge in [-0.3, -0.25) is 4.79 Å². The molecule has 1 amide bonds. The zero-order valence-corrected chi connectivity index (χ0v) is 13.0. The maximum atomic E-state index is 12.0. The largest absolute Gasteiger partial charge is 0.506 e. The molecule has 2 heterocycles. The van der Waals surface area contributed by atoms with Crippen LogP contribution in [-0.4, -0.2) is 20.7 Å². The quantitative estimate of drug-likeness (QED) is 0.838. The molecule has 6 heteroatoms. The fourth-order valence-electron chi connectivity index (χ4n) is 2.07. The number of carbonyl (C=O) groups excluding carboxylic acids is 1. The summed E-state index contributed by atoms with van der Waals surface area (Å²) >= 11 is 1.26. The van der Waals surface area contributed by atoms with Crippen LogP contribution in [0.1, 0.15) is 11.3 Å². The number of aromatic hydroxyl groups is 1. The highest BCUT2D eigenvalue weighted by atomic mass is 32.2. The summed E-state index contributed by atoms with van der Waals surface area (Å²) < 4.78 is 1.93. The van der Waals surface area contributed by atoms with Crippen molar-refractivity contribution < 1.29 is 9.90 Å². The number of amidine groups is 1. The lowest BCUT2D eigenvalue weighted by atomic mass is 10.2. The number of nitrogens with one attached hydrogen (secondary N) is 1. The van der Waals surface area contributed by atoms with Gasteiger partial charge in [0.05, 0.1) is 4.91 Å². The van der Waals surface area contributed by atoms with E-state index in [0.29, 0.717) is 15.8 Å². The third-order valence-electron chi connectivity index (χ3n) is 3.27. The molecule has 1 aromatic carbocycles. The predicted octanol–water partition coefficient (Wildman–Crippen LogP) is 2.93. The molecule has 1 fully saturated rings. The van der Waals surface area contributed by atoms with Crippen LogP contribution in [0.15, 0.2) is 46.4 Å². The van der Waals surface area contributed by atoms with Gasteiger partial charge >= 0.3 is 0 Å². The lowest BCUT2D eigenvalue weighted by Crippen LogP contribution is -2.19. The van der Waals surface area contributed by atoms with Gasteiger partial charge in [0.25, 0.3) is 5.91 Å². The Hall–Kier alpha value is -2.47. The van der Waals surface area contributed by atoms with Gasteiger partial charge in [0.15, 0.2) is 5.17 Å². The Kier molecular flexibility index (Phi) is 3.77. The van der Waals surface area contributed by atoms with Crippen LogP contribution >= 0.6 is 11.8 Å². The van der Waals surface area contributed by atoms with Gasteiger partial charge in [-0.2, -0.15) is 0 Å². The van der Waals surface area contributed by atoms with Crippen LogP contribution in [0.25, 0.3) is 6.08 Å². The lowest BCUT2D eigenvalue weighted by Gasteiger charge is -2.01. The number of thioether (sulfide) groups is 1. The number of hydrogen-bond donors (Lipinski definition) is 2. The Morgan fingerprint density at radius 1 is 1.36 bits per heavy atom. The molecule has 1 saturated heterocycles. The summed E-state index contributed by atoms with van der Waals surface area (Å²) in [5.41, 5.74) is 2.38. The molecule has 0 bridgehead atoms. The highest BCUT2D eigenvalue weighted by molar-refractivity contribution is 8.18. The summed E-state index contributed by atoms with van der Waals surface area (Å²) in [7, 11) is 1.92. The predicted molar refractivity (Wildman–Crippen MR) is 89.1 cm³/mol. The van der Waals surface area contributed by atoms with E-state index in [0.717, 1.165) is 11.3 Å². The van der Waals surface area contributed by atoms with Crippen molar-refractivity contribution in [3.8, 4) is 5.75 Å². The molecule has 0 spiro atoms. The monoisotopic (exact) mass is 313 g/mol. The summed E-state index contributed by atoms with van der Waals surface area (Å²) in [4.78, 5) is 16.9. The average molecular weight is 313 g/mol. The molecule has 0 aliphatic carbocycles. The molecular weight excluding hydrogens is 298 g/mol. The van der Waals surface area contributed by atoms with E-state index in [9.17, 15) is 9.90 Å². The van der Waals surface area contributed by atoms with Gasteiger partial charge in [-0.15, -0.1) is 0 Å². The van der Waals surface area contributed by atoms with E-state index in [1.165, 1.54) is 11.8 Å². The Morgan fingerprint density at radius 2 is 2.18 bits per heavy atom. The number of phenolic OH excluding ortho intramolecular Hbond substituents is 1. The first-order valence-electron chi connectivity index (χ1n) is 6.73. The topological polar surface area (TPSA) is 66.6 Å². The average Bonchev–Trinajstić information content (AvgIpc) is 3.02. The van der Waals surface area contributed by atoms with Gasteiger partial charge in [-0.1, -0.05) is 6.07 Å². The third kappa shape index (κ3) is 2.92. The Bertz CT molecular complexity index is 805. The number of carbonyl (C=O) groups is 1. The van der Waals surface area contributed by atoms with E-state index in [-0.39, 0.29) is 11.7 Å². The van der Waals surface area contributed by atoms with E-state index in [1.807, 2.05) is 42.9 Å². The van der Waals surface area contributed by atoms with Crippen LogP contribution < -0.4 is 5.32 Å². The first-order valence-corrected chi connectivity index (χ1v) is 7.55. The first-order chi connectivity index (χ1) is 10.5. The number of benzene rings is 1. The molecule has 3 rings (SSSR count). The highest BCUT2D eigenvalue weighted by Gasteiger charge is 2.24. The standard InChI is InChI=1S/C16H15N3O2S/c1-10-5-6-13(20)12(8-10)17-16-18-15(21)14(22-16)9-11-4-3-7-19(11)2/h3-9,20H,1-2H3,(H,17,18,21)/b14-9+. The molecule has 0 unspecified atom stereocenters. The highest BCUT2D eigenvalue weighted by Crippen LogP contribution is 2.32. The Morgan fingerprint density at radius 3 is 2.91 bits per heavy atom. The van der Waals surface area contributed by atoms with E-state index in [4.69, 9.17) is 0 Å². The molecule has 0 saturated carbocycles. The van der Waals surface area contributed by atoms with Crippen molar-refractivity contribution in [3.05, 3.63) is 52.7 Å². The van der Waals surface area contributed by atoms with Crippen LogP contribution in [0.3, 0.4) is 0 Å². The number of aryl methyl sites for hydroxylation is 2. The van der Waals surface area contributed by atoms with Crippen molar-refractivity contribution in [1.82, 2.24) is 9.88 Å². The summed E-state index contributed by atoms with van der Waals surface area (Å²) in [5, 5.41) is 13.0. The SMILES string of the molecule is Cc1ccc(O)c(N=C2NC(=O)/C(=C\c3cccn3C)S2)c1. The fraction of sp³-hybridized carbons (Fsp3) is 0.125. The van der Waals surface area contributed by atoms with E-state index < -0.39 is 0 Å². The van der Waals surface area contributed by atoms with Crippen molar-refractivity contribution in [1.29, 1.82) is 0 Å². The molecule has 112 valence electrons. The minimum atomic E-state index is -0.183. The number of amides is 1. The minimum absolute atomic E-state index is 0.0906. The van der Waals surface area contributed by atoms with Crippen molar-refractivity contribution in [2.45, 2.75) is 6.92 Å². The molecule has 1 aliphatic heterocycles. The maximum absolute atomic E-state index is 12.0. The number of aliphatic imine (C=N–C) groups is 1. The van der Waals surface area contributed by atoms with Gasteiger partial charge in [-0.05, 0) is 54.6 Å². The second kappa shape index (κ2) is 5.73.